The first-order valence-electron chi connectivity index (χ1n) is 9.07. The van der Waals surface area contributed by atoms with E-state index in [1.54, 1.807) is 0 Å². The first-order chi connectivity index (χ1) is 10.6. The lowest BCUT2D eigenvalue weighted by Crippen LogP contribution is -2.64. The molecule has 2 N–H and O–H groups in total. The SMILES string of the molecule is C=C[C@@H](C)CC(=O)[C@H]1[C@@H](C)C[C@@H](O)[C@H]2C(C)(C)CC[C@H](O)[C@]12C. The van der Waals surface area contributed by atoms with Gasteiger partial charge in [-0.05, 0) is 42.4 Å². The number of aliphatic hydroxyl groups is 2. The monoisotopic (exact) mass is 322 g/mol. The number of ketones is 1. The Morgan fingerprint density at radius 1 is 1.35 bits per heavy atom. The first-order valence-corrected chi connectivity index (χ1v) is 9.07. The van der Waals surface area contributed by atoms with Crippen LogP contribution in [0.1, 0.15) is 60.3 Å². The van der Waals surface area contributed by atoms with E-state index in [9.17, 15) is 15.0 Å². The van der Waals surface area contributed by atoms with E-state index in [-0.39, 0.29) is 34.9 Å². The molecule has 7 atom stereocenters. The molecule has 23 heavy (non-hydrogen) atoms. The number of Topliss-reactive ketones (excluding diaryl/α,β-unsaturated/α-hetero) is 1. The molecule has 0 aromatic heterocycles. The van der Waals surface area contributed by atoms with Crippen molar-refractivity contribution >= 4 is 5.78 Å². The second-order valence-corrected chi connectivity index (χ2v) is 9.03. The van der Waals surface area contributed by atoms with Crippen molar-refractivity contribution in [2.24, 2.45) is 34.5 Å². The van der Waals surface area contributed by atoms with Crippen LogP contribution in [0.5, 0.6) is 0 Å². The summed E-state index contributed by atoms with van der Waals surface area (Å²) in [5, 5.41) is 21.6. The lowest BCUT2D eigenvalue weighted by atomic mass is 9.44. The van der Waals surface area contributed by atoms with Crippen molar-refractivity contribution in [3.8, 4) is 0 Å². The molecule has 0 unspecified atom stereocenters. The van der Waals surface area contributed by atoms with E-state index >= 15 is 0 Å². The molecule has 2 saturated carbocycles. The molecule has 0 aromatic carbocycles. The number of hydrogen-bond donors (Lipinski definition) is 2. The van der Waals surface area contributed by atoms with Gasteiger partial charge in [-0.1, -0.05) is 40.7 Å². The summed E-state index contributed by atoms with van der Waals surface area (Å²) in [6.07, 6.45) is 3.58. The molecule has 0 spiro atoms. The van der Waals surface area contributed by atoms with E-state index < -0.39 is 17.6 Å². The van der Waals surface area contributed by atoms with Crippen molar-refractivity contribution in [1.82, 2.24) is 0 Å². The van der Waals surface area contributed by atoms with E-state index in [4.69, 9.17) is 0 Å². The van der Waals surface area contributed by atoms with Gasteiger partial charge in [0.15, 0.2) is 0 Å². The largest absolute Gasteiger partial charge is 0.393 e. The number of aliphatic hydroxyl groups excluding tert-OH is 2. The van der Waals surface area contributed by atoms with Crippen molar-refractivity contribution in [2.45, 2.75) is 72.5 Å². The average molecular weight is 322 g/mol. The van der Waals surface area contributed by atoms with E-state index in [1.165, 1.54) is 0 Å². The van der Waals surface area contributed by atoms with Gasteiger partial charge in [0.2, 0.25) is 0 Å². The topological polar surface area (TPSA) is 57.5 Å². The minimum Gasteiger partial charge on any atom is -0.393 e. The molecule has 0 amide bonds. The maximum absolute atomic E-state index is 13.1. The first kappa shape index (κ1) is 18.7. The molecule has 3 nitrogen and oxygen atoms in total. The summed E-state index contributed by atoms with van der Waals surface area (Å²) in [7, 11) is 0. The number of carbonyl (C=O) groups is 1. The van der Waals surface area contributed by atoms with E-state index in [0.29, 0.717) is 19.3 Å². The van der Waals surface area contributed by atoms with Crippen LogP contribution in [0.3, 0.4) is 0 Å². The molecule has 0 aliphatic heterocycles. The molecular weight excluding hydrogens is 288 g/mol. The van der Waals surface area contributed by atoms with Gasteiger partial charge in [-0.2, -0.15) is 0 Å². The molecule has 3 heteroatoms. The Morgan fingerprint density at radius 3 is 2.52 bits per heavy atom. The molecule has 2 aliphatic carbocycles. The van der Waals surface area contributed by atoms with Crippen LogP contribution in [0.25, 0.3) is 0 Å². The fraction of sp³-hybridized carbons (Fsp3) is 0.850. The Kier molecular flexibility index (Phi) is 5.13. The van der Waals surface area contributed by atoms with Gasteiger partial charge in [0.1, 0.15) is 5.78 Å². The van der Waals surface area contributed by atoms with Gasteiger partial charge in [-0.3, -0.25) is 4.79 Å². The standard InChI is InChI=1S/C20H34O3/c1-7-12(2)10-14(21)17-13(3)11-15(22)18-19(4,5)9-8-16(23)20(17,18)6/h7,12-13,15-18,22-23H,1,8-11H2,2-6H3/t12-,13+,15-,16+,17-,18+,20-/m1/s1. The van der Waals surface area contributed by atoms with Crippen molar-refractivity contribution < 1.29 is 15.0 Å². The van der Waals surface area contributed by atoms with Crippen LogP contribution in [0, 0.1) is 34.5 Å². The van der Waals surface area contributed by atoms with Crippen LogP contribution in [0.15, 0.2) is 12.7 Å². The molecule has 0 saturated heterocycles. The quantitative estimate of drug-likeness (QED) is 0.778. The van der Waals surface area contributed by atoms with Crippen LogP contribution in [-0.2, 0) is 4.79 Å². The van der Waals surface area contributed by atoms with Crippen LogP contribution in [0.4, 0.5) is 0 Å². The third kappa shape index (κ3) is 3.02. The normalized spacial score (nSPS) is 44.2. The molecule has 132 valence electrons. The Bertz CT molecular complexity index is 470. The maximum Gasteiger partial charge on any atom is 0.137 e. The average Bonchev–Trinajstić information content (AvgIpc) is 2.42. The van der Waals surface area contributed by atoms with Gasteiger partial charge in [0, 0.05) is 17.8 Å². The fourth-order valence-electron chi connectivity index (χ4n) is 5.82. The van der Waals surface area contributed by atoms with Crippen LogP contribution in [0.2, 0.25) is 0 Å². The molecule has 0 radical (unpaired) electrons. The summed E-state index contributed by atoms with van der Waals surface area (Å²) in [5.41, 5.74) is -0.604. The van der Waals surface area contributed by atoms with Crippen molar-refractivity contribution in [3.63, 3.8) is 0 Å². The summed E-state index contributed by atoms with van der Waals surface area (Å²) >= 11 is 0. The highest BCUT2D eigenvalue weighted by molar-refractivity contribution is 5.83. The maximum atomic E-state index is 13.1. The predicted molar refractivity (Wildman–Crippen MR) is 92.9 cm³/mol. The molecule has 2 fully saturated rings. The Hall–Kier alpha value is -0.670. The number of carbonyl (C=O) groups excluding carboxylic acids is 1. The zero-order valence-corrected chi connectivity index (χ0v) is 15.4. The Labute approximate surface area is 141 Å². The molecule has 2 aliphatic rings. The zero-order chi connectivity index (χ0) is 17.6. The number of fused-ring (bicyclic) bond motifs is 1. The second-order valence-electron chi connectivity index (χ2n) is 9.03. The lowest BCUT2D eigenvalue weighted by Gasteiger charge is -2.62. The molecule has 0 aromatic rings. The highest BCUT2D eigenvalue weighted by Gasteiger charge is 2.62. The van der Waals surface area contributed by atoms with Crippen LogP contribution < -0.4 is 0 Å². The van der Waals surface area contributed by atoms with Gasteiger partial charge in [0.25, 0.3) is 0 Å². The van der Waals surface area contributed by atoms with Crippen molar-refractivity contribution in [3.05, 3.63) is 12.7 Å². The van der Waals surface area contributed by atoms with Gasteiger partial charge in [0.05, 0.1) is 12.2 Å². The summed E-state index contributed by atoms with van der Waals surface area (Å²) in [6, 6.07) is 0. The minimum absolute atomic E-state index is 0.0389. The minimum atomic E-state index is -0.545. The van der Waals surface area contributed by atoms with Gasteiger partial charge in [-0.25, -0.2) is 0 Å². The highest BCUT2D eigenvalue weighted by Crippen LogP contribution is 2.61. The van der Waals surface area contributed by atoms with Gasteiger partial charge >= 0.3 is 0 Å². The van der Waals surface area contributed by atoms with Gasteiger partial charge < -0.3 is 10.2 Å². The fourth-order valence-corrected chi connectivity index (χ4v) is 5.82. The lowest BCUT2D eigenvalue weighted by molar-refractivity contribution is -0.206. The Morgan fingerprint density at radius 2 is 1.96 bits per heavy atom. The third-order valence-electron chi connectivity index (χ3n) is 6.80. The number of rotatable bonds is 4. The number of allylic oxidation sites excluding steroid dienone is 1. The van der Waals surface area contributed by atoms with Gasteiger partial charge in [-0.15, -0.1) is 6.58 Å². The zero-order valence-electron chi connectivity index (χ0n) is 15.4. The summed E-state index contributed by atoms with van der Waals surface area (Å²) in [6.45, 7) is 14.2. The molecular formula is C20H34O3. The summed E-state index contributed by atoms with van der Waals surface area (Å²) in [5.74, 6) is 0.244. The van der Waals surface area contributed by atoms with E-state index in [0.717, 1.165) is 6.42 Å². The van der Waals surface area contributed by atoms with Crippen LogP contribution >= 0.6 is 0 Å². The molecule has 2 rings (SSSR count). The van der Waals surface area contributed by atoms with Crippen molar-refractivity contribution in [2.75, 3.05) is 0 Å². The highest BCUT2D eigenvalue weighted by atomic mass is 16.3. The summed E-state index contributed by atoms with van der Waals surface area (Å²) < 4.78 is 0. The second kappa shape index (κ2) is 6.33. The summed E-state index contributed by atoms with van der Waals surface area (Å²) in [4.78, 5) is 13.1. The number of hydrogen-bond acceptors (Lipinski definition) is 3. The van der Waals surface area contributed by atoms with E-state index in [2.05, 4.69) is 27.4 Å². The third-order valence-corrected chi connectivity index (χ3v) is 6.80. The molecule has 0 bridgehead atoms. The molecule has 0 heterocycles. The Balaban J connectivity index is 2.44. The van der Waals surface area contributed by atoms with Crippen molar-refractivity contribution in [1.29, 1.82) is 0 Å². The predicted octanol–water partition coefficient (Wildman–Crippen LogP) is 3.59. The van der Waals surface area contributed by atoms with Crippen LogP contribution in [-0.4, -0.2) is 28.2 Å². The van der Waals surface area contributed by atoms with E-state index in [1.807, 2.05) is 19.9 Å². The smallest absolute Gasteiger partial charge is 0.137 e.